The Morgan fingerprint density at radius 3 is 2.39 bits per heavy atom. The van der Waals surface area contributed by atoms with Crippen molar-refractivity contribution in [1.82, 2.24) is 10.2 Å². The maximum atomic E-state index is 10.3. The summed E-state index contributed by atoms with van der Waals surface area (Å²) in [7, 11) is 0. The second kappa shape index (κ2) is 7.49. The Morgan fingerprint density at radius 2 is 1.74 bits per heavy atom. The summed E-state index contributed by atoms with van der Waals surface area (Å²) >= 11 is 5.87. The van der Waals surface area contributed by atoms with Gasteiger partial charge in [-0.2, -0.15) is 0 Å². The van der Waals surface area contributed by atoms with Crippen LogP contribution in [0.4, 0.5) is 0 Å². The maximum Gasteiger partial charge on any atom is 0.207 e. The molecule has 5 heteroatoms. The quantitative estimate of drug-likeness (QED) is 0.794. The molecule has 3 rings (SSSR count). The topological polar surface area (TPSA) is 41.6 Å². The number of carbonyl (C=O) groups is 1. The second-order valence-corrected chi connectivity index (χ2v) is 6.17. The molecule has 0 atom stereocenters. The molecule has 23 heavy (non-hydrogen) atoms. The van der Waals surface area contributed by atoms with Gasteiger partial charge in [-0.15, -0.1) is 0 Å². The van der Waals surface area contributed by atoms with Gasteiger partial charge < -0.3 is 10.1 Å². The van der Waals surface area contributed by atoms with Gasteiger partial charge in [-0.05, 0) is 35.4 Å². The first kappa shape index (κ1) is 15.8. The molecule has 4 nitrogen and oxygen atoms in total. The van der Waals surface area contributed by atoms with Gasteiger partial charge in [0.15, 0.2) is 0 Å². The molecule has 1 N–H and O–H groups in total. The minimum absolute atomic E-state index is 0.300. The molecular weight excluding hydrogens is 312 g/mol. The molecule has 1 aliphatic heterocycles. The van der Waals surface area contributed by atoms with Gasteiger partial charge in [0.1, 0.15) is 12.4 Å². The minimum Gasteiger partial charge on any atom is -0.489 e. The van der Waals surface area contributed by atoms with Crippen molar-refractivity contribution in [3.63, 3.8) is 0 Å². The smallest absolute Gasteiger partial charge is 0.207 e. The molecule has 120 valence electrons. The predicted molar refractivity (Wildman–Crippen MR) is 90.5 cm³/mol. The lowest BCUT2D eigenvalue weighted by Crippen LogP contribution is -2.56. The van der Waals surface area contributed by atoms with Crippen molar-refractivity contribution >= 4 is 18.0 Å². The first-order valence-corrected chi connectivity index (χ1v) is 7.99. The van der Waals surface area contributed by atoms with Gasteiger partial charge >= 0.3 is 0 Å². The minimum atomic E-state index is 0.300. The molecule has 1 aliphatic rings. The summed E-state index contributed by atoms with van der Waals surface area (Å²) in [6.07, 6.45) is 0.773. The molecule has 0 saturated carbocycles. The van der Waals surface area contributed by atoms with Gasteiger partial charge in [0, 0.05) is 24.7 Å². The normalized spacial score (nSPS) is 15.0. The van der Waals surface area contributed by atoms with Gasteiger partial charge in [0.2, 0.25) is 6.41 Å². The number of carbonyl (C=O) groups excluding carboxylic acids is 1. The third-order valence-electron chi connectivity index (χ3n) is 3.91. The highest BCUT2D eigenvalue weighted by atomic mass is 35.5. The summed E-state index contributed by atoms with van der Waals surface area (Å²) < 4.78 is 5.78. The van der Waals surface area contributed by atoms with Gasteiger partial charge in [0.25, 0.3) is 0 Å². The maximum absolute atomic E-state index is 10.3. The van der Waals surface area contributed by atoms with E-state index in [2.05, 4.69) is 22.3 Å². The number of benzene rings is 2. The average Bonchev–Trinajstić information content (AvgIpc) is 2.54. The number of halogens is 1. The van der Waals surface area contributed by atoms with Crippen LogP contribution >= 0.6 is 11.6 Å². The van der Waals surface area contributed by atoms with Crippen molar-refractivity contribution in [2.75, 3.05) is 13.1 Å². The monoisotopic (exact) mass is 330 g/mol. The molecule has 0 bridgehead atoms. The summed E-state index contributed by atoms with van der Waals surface area (Å²) in [6.45, 7) is 3.25. The van der Waals surface area contributed by atoms with Crippen LogP contribution in [0.25, 0.3) is 0 Å². The van der Waals surface area contributed by atoms with E-state index in [9.17, 15) is 4.79 Å². The lowest BCUT2D eigenvalue weighted by Gasteiger charge is -2.38. The van der Waals surface area contributed by atoms with Crippen molar-refractivity contribution in [3.05, 3.63) is 64.7 Å². The summed E-state index contributed by atoms with van der Waals surface area (Å²) in [4.78, 5) is 12.6. The van der Waals surface area contributed by atoms with Crippen molar-refractivity contribution in [2.45, 2.75) is 19.2 Å². The van der Waals surface area contributed by atoms with Crippen LogP contribution in [-0.2, 0) is 17.9 Å². The van der Waals surface area contributed by atoms with E-state index in [0.717, 1.165) is 42.4 Å². The molecule has 0 aliphatic carbocycles. The van der Waals surface area contributed by atoms with Crippen LogP contribution < -0.4 is 10.1 Å². The molecule has 0 aromatic heterocycles. The summed E-state index contributed by atoms with van der Waals surface area (Å²) in [5.74, 6) is 0.854. The van der Waals surface area contributed by atoms with Gasteiger partial charge in [-0.3, -0.25) is 9.69 Å². The van der Waals surface area contributed by atoms with E-state index in [1.807, 2.05) is 36.4 Å². The predicted octanol–water partition coefficient (Wildman–Crippen LogP) is 2.85. The fourth-order valence-electron chi connectivity index (χ4n) is 2.60. The average molecular weight is 331 g/mol. The molecule has 2 aromatic rings. The second-order valence-electron chi connectivity index (χ2n) is 5.73. The lowest BCUT2D eigenvalue weighted by atomic mass is 10.1. The Bertz CT molecular complexity index is 637. The highest BCUT2D eigenvalue weighted by Gasteiger charge is 2.25. The SMILES string of the molecule is O=CNC1CN(Cc2ccc(OCc3ccc(Cl)cc3)cc2)C1. The molecular formula is C18H19ClN2O2. The highest BCUT2D eigenvalue weighted by Crippen LogP contribution is 2.18. The Morgan fingerprint density at radius 1 is 1.09 bits per heavy atom. The zero-order chi connectivity index (χ0) is 16.1. The van der Waals surface area contributed by atoms with Crippen LogP contribution in [0.15, 0.2) is 48.5 Å². The molecule has 0 spiro atoms. The fourth-order valence-corrected chi connectivity index (χ4v) is 2.72. The molecule has 1 saturated heterocycles. The van der Waals surface area contributed by atoms with Gasteiger partial charge in [-0.1, -0.05) is 35.9 Å². The molecule has 0 radical (unpaired) electrons. The van der Waals surface area contributed by atoms with E-state index in [1.165, 1.54) is 5.56 Å². The van der Waals surface area contributed by atoms with E-state index in [4.69, 9.17) is 16.3 Å². The zero-order valence-electron chi connectivity index (χ0n) is 12.7. The standard InChI is InChI=1S/C18H19ClN2O2/c19-16-5-1-15(2-6-16)12-23-18-7-3-14(4-8-18)9-21-10-17(11-21)20-13-22/h1-8,13,17H,9-12H2,(H,20,22). The largest absolute Gasteiger partial charge is 0.489 e. The molecule has 1 amide bonds. The first-order valence-electron chi connectivity index (χ1n) is 7.61. The van der Waals surface area contributed by atoms with Crippen molar-refractivity contribution in [1.29, 1.82) is 0 Å². The van der Waals surface area contributed by atoms with Crippen molar-refractivity contribution < 1.29 is 9.53 Å². The van der Waals surface area contributed by atoms with Crippen LogP contribution in [0.2, 0.25) is 5.02 Å². The third kappa shape index (κ3) is 4.47. The number of ether oxygens (including phenoxy) is 1. The van der Waals surface area contributed by atoms with Crippen molar-refractivity contribution in [3.8, 4) is 5.75 Å². The molecule has 1 heterocycles. The van der Waals surface area contributed by atoms with E-state index in [1.54, 1.807) is 0 Å². The van der Waals surface area contributed by atoms with Crippen LogP contribution in [-0.4, -0.2) is 30.4 Å². The van der Waals surface area contributed by atoms with Crippen molar-refractivity contribution in [2.24, 2.45) is 0 Å². The number of likely N-dealkylation sites (tertiary alicyclic amines) is 1. The summed E-state index contributed by atoms with van der Waals surface area (Å²) in [5, 5.41) is 3.52. The Kier molecular flexibility index (Phi) is 5.16. The van der Waals surface area contributed by atoms with Crippen LogP contribution in [0.5, 0.6) is 5.75 Å². The summed E-state index contributed by atoms with van der Waals surface area (Å²) in [5.41, 5.74) is 2.33. The van der Waals surface area contributed by atoms with E-state index < -0.39 is 0 Å². The number of nitrogens with zero attached hydrogens (tertiary/aromatic N) is 1. The lowest BCUT2D eigenvalue weighted by molar-refractivity contribution is -0.111. The van der Waals surface area contributed by atoms with Crippen LogP contribution in [0.1, 0.15) is 11.1 Å². The molecule has 2 aromatic carbocycles. The van der Waals surface area contributed by atoms with Crippen LogP contribution in [0.3, 0.4) is 0 Å². The van der Waals surface area contributed by atoms with E-state index >= 15 is 0 Å². The van der Waals surface area contributed by atoms with E-state index in [0.29, 0.717) is 12.6 Å². The number of nitrogens with one attached hydrogen (secondary N) is 1. The first-order chi connectivity index (χ1) is 11.2. The third-order valence-corrected chi connectivity index (χ3v) is 4.16. The Labute approximate surface area is 141 Å². The number of hydrogen-bond donors (Lipinski definition) is 1. The van der Waals surface area contributed by atoms with Crippen LogP contribution in [0, 0.1) is 0 Å². The number of hydrogen-bond acceptors (Lipinski definition) is 3. The molecule has 0 unspecified atom stereocenters. The molecule has 1 fully saturated rings. The zero-order valence-corrected chi connectivity index (χ0v) is 13.5. The number of rotatable bonds is 7. The Balaban J connectivity index is 1.46. The summed E-state index contributed by atoms with van der Waals surface area (Å²) in [6, 6.07) is 16.1. The van der Waals surface area contributed by atoms with Gasteiger partial charge in [-0.25, -0.2) is 0 Å². The fraction of sp³-hybridized carbons (Fsp3) is 0.278. The van der Waals surface area contributed by atoms with Gasteiger partial charge in [0.05, 0.1) is 6.04 Å². The van der Waals surface area contributed by atoms with E-state index in [-0.39, 0.29) is 0 Å². The Hall–Kier alpha value is -2.04. The number of amides is 1. The highest BCUT2D eigenvalue weighted by molar-refractivity contribution is 6.30.